The lowest BCUT2D eigenvalue weighted by atomic mass is 10.0. The second kappa shape index (κ2) is 7.42. The van der Waals surface area contributed by atoms with E-state index in [4.69, 9.17) is 0 Å². The van der Waals surface area contributed by atoms with Gasteiger partial charge in [-0.15, -0.1) is 11.3 Å². The smallest absolute Gasteiger partial charge is 0.143 e. The standard InChI is InChI=1S/C15H17BrF2N2S/c1-3-6-19-13(14-8-21-9(2)20-14)7-10-12(17)5-4-11(16)15(10)18/h4-5,8,13,19H,3,6-7H2,1-2H3. The van der Waals surface area contributed by atoms with Crippen LogP contribution in [0.2, 0.25) is 0 Å². The number of thiazole rings is 1. The zero-order valence-corrected chi connectivity index (χ0v) is 14.3. The molecule has 0 saturated carbocycles. The molecule has 1 heterocycles. The van der Waals surface area contributed by atoms with E-state index >= 15 is 0 Å². The topological polar surface area (TPSA) is 24.9 Å². The number of hydrogen-bond acceptors (Lipinski definition) is 3. The summed E-state index contributed by atoms with van der Waals surface area (Å²) in [4.78, 5) is 4.44. The van der Waals surface area contributed by atoms with Crippen LogP contribution < -0.4 is 5.32 Å². The Hall–Kier alpha value is -0.850. The first kappa shape index (κ1) is 16.5. The Morgan fingerprint density at radius 1 is 1.38 bits per heavy atom. The summed E-state index contributed by atoms with van der Waals surface area (Å²) in [6, 6.07) is 2.48. The lowest BCUT2D eigenvalue weighted by Gasteiger charge is -2.18. The van der Waals surface area contributed by atoms with Gasteiger partial charge in [0.05, 0.1) is 21.2 Å². The van der Waals surface area contributed by atoms with Gasteiger partial charge in [0.15, 0.2) is 0 Å². The van der Waals surface area contributed by atoms with E-state index < -0.39 is 11.6 Å². The molecule has 21 heavy (non-hydrogen) atoms. The molecule has 0 aliphatic carbocycles. The summed E-state index contributed by atoms with van der Waals surface area (Å²) in [6.07, 6.45) is 1.18. The number of hydrogen-bond donors (Lipinski definition) is 1. The van der Waals surface area contributed by atoms with E-state index in [-0.39, 0.29) is 22.5 Å². The van der Waals surface area contributed by atoms with E-state index in [1.54, 1.807) is 11.3 Å². The van der Waals surface area contributed by atoms with Gasteiger partial charge in [-0.3, -0.25) is 0 Å². The number of nitrogens with one attached hydrogen (secondary N) is 1. The van der Waals surface area contributed by atoms with E-state index in [1.807, 2.05) is 12.3 Å². The van der Waals surface area contributed by atoms with Crippen LogP contribution in [0.1, 0.15) is 35.7 Å². The molecule has 1 atom stereocenters. The summed E-state index contributed by atoms with van der Waals surface area (Å²) >= 11 is 4.65. The molecule has 1 aromatic heterocycles. The first-order chi connectivity index (χ1) is 10.0. The summed E-state index contributed by atoms with van der Waals surface area (Å²) in [5.74, 6) is -1.06. The van der Waals surface area contributed by atoms with Gasteiger partial charge < -0.3 is 5.32 Å². The Balaban J connectivity index is 2.29. The minimum absolute atomic E-state index is 0.0867. The molecule has 114 valence electrons. The van der Waals surface area contributed by atoms with Gasteiger partial charge in [0.1, 0.15) is 11.6 Å². The zero-order valence-electron chi connectivity index (χ0n) is 11.9. The SMILES string of the molecule is CCCNC(Cc1c(F)ccc(Br)c1F)c1csc(C)n1. The number of rotatable bonds is 6. The maximum absolute atomic E-state index is 14.1. The molecule has 0 aliphatic rings. The minimum Gasteiger partial charge on any atom is -0.308 e. The van der Waals surface area contributed by atoms with Crippen molar-refractivity contribution < 1.29 is 8.78 Å². The van der Waals surface area contributed by atoms with Crippen molar-refractivity contribution in [3.63, 3.8) is 0 Å². The van der Waals surface area contributed by atoms with Gasteiger partial charge in [-0.2, -0.15) is 0 Å². The fraction of sp³-hybridized carbons (Fsp3) is 0.400. The van der Waals surface area contributed by atoms with Crippen LogP contribution in [0, 0.1) is 18.6 Å². The number of halogens is 3. The monoisotopic (exact) mass is 374 g/mol. The molecule has 0 fully saturated rings. The van der Waals surface area contributed by atoms with E-state index in [0.717, 1.165) is 23.7 Å². The lowest BCUT2D eigenvalue weighted by Crippen LogP contribution is -2.25. The van der Waals surface area contributed by atoms with Crippen molar-refractivity contribution in [1.82, 2.24) is 10.3 Å². The molecule has 0 bridgehead atoms. The van der Waals surface area contributed by atoms with Crippen molar-refractivity contribution in [2.75, 3.05) is 6.54 Å². The van der Waals surface area contributed by atoms with Crippen LogP contribution in [0.4, 0.5) is 8.78 Å². The van der Waals surface area contributed by atoms with E-state index in [0.29, 0.717) is 0 Å². The lowest BCUT2D eigenvalue weighted by molar-refractivity contribution is 0.482. The van der Waals surface area contributed by atoms with Crippen molar-refractivity contribution in [1.29, 1.82) is 0 Å². The molecule has 2 aromatic rings. The molecular formula is C15H17BrF2N2S. The molecule has 0 radical (unpaired) electrons. The second-order valence-corrected chi connectivity index (χ2v) is 6.74. The highest BCUT2D eigenvalue weighted by Crippen LogP contribution is 2.27. The number of nitrogens with zero attached hydrogens (tertiary/aromatic N) is 1. The Kier molecular flexibility index (Phi) is 5.84. The normalized spacial score (nSPS) is 12.6. The van der Waals surface area contributed by atoms with Crippen molar-refractivity contribution in [2.45, 2.75) is 32.7 Å². The number of aryl methyl sites for hydroxylation is 1. The van der Waals surface area contributed by atoms with Crippen LogP contribution in [-0.2, 0) is 6.42 Å². The van der Waals surface area contributed by atoms with Gasteiger partial charge in [-0.1, -0.05) is 6.92 Å². The maximum Gasteiger partial charge on any atom is 0.143 e. The average Bonchev–Trinajstić information content (AvgIpc) is 2.89. The highest BCUT2D eigenvalue weighted by Gasteiger charge is 2.20. The fourth-order valence-corrected chi connectivity index (χ4v) is 3.14. The zero-order chi connectivity index (χ0) is 15.4. The summed E-state index contributed by atoms with van der Waals surface area (Å²) in [5.41, 5.74) is 0.924. The summed E-state index contributed by atoms with van der Waals surface area (Å²) in [6.45, 7) is 4.75. The van der Waals surface area contributed by atoms with Crippen LogP contribution in [0.5, 0.6) is 0 Å². The average molecular weight is 375 g/mol. The summed E-state index contributed by atoms with van der Waals surface area (Å²) in [7, 11) is 0. The van der Waals surface area contributed by atoms with Crippen molar-refractivity contribution >= 4 is 27.3 Å². The predicted octanol–water partition coefficient (Wildman–Crippen LogP) is 4.78. The van der Waals surface area contributed by atoms with Crippen molar-refractivity contribution in [2.24, 2.45) is 0 Å². The molecule has 0 spiro atoms. The van der Waals surface area contributed by atoms with Crippen LogP contribution in [-0.4, -0.2) is 11.5 Å². The van der Waals surface area contributed by atoms with Crippen molar-refractivity contribution in [3.05, 3.63) is 49.9 Å². The Bertz CT molecular complexity index is 616. The Labute approximate surface area is 135 Å². The van der Waals surface area contributed by atoms with Crippen LogP contribution in [0.15, 0.2) is 22.0 Å². The first-order valence-corrected chi connectivity index (χ1v) is 8.48. The van der Waals surface area contributed by atoms with Gasteiger partial charge in [0, 0.05) is 10.9 Å². The van der Waals surface area contributed by atoms with Crippen molar-refractivity contribution in [3.8, 4) is 0 Å². The molecule has 1 N–H and O–H groups in total. The summed E-state index contributed by atoms with van der Waals surface area (Å²) in [5, 5.41) is 6.21. The van der Waals surface area contributed by atoms with Gasteiger partial charge in [0.25, 0.3) is 0 Å². The van der Waals surface area contributed by atoms with E-state index in [9.17, 15) is 8.78 Å². The first-order valence-electron chi connectivity index (χ1n) is 6.80. The third-order valence-corrected chi connectivity index (χ3v) is 4.59. The molecule has 1 unspecified atom stereocenters. The largest absolute Gasteiger partial charge is 0.308 e. The highest BCUT2D eigenvalue weighted by atomic mass is 79.9. The molecule has 0 amide bonds. The van der Waals surface area contributed by atoms with Gasteiger partial charge in [0.2, 0.25) is 0 Å². The quantitative estimate of drug-likeness (QED) is 0.736. The molecule has 2 nitrogen and oxygen atoms in total. The third kappa shape index (κ3) is 4.08. The van der Waals surface area contributed by atoms with Crippen LogP contribution in [0.3, 0.4) is 0 Å². The second-order valence-electron chi connectivity index (χ2n) is 4.82. The molecule has 2 rings (SSSR count). The minimum atomic E-state index is -0.537. The van der Waals surface area contributed by atoms with Crippen LogP contribution >= 0.6 is 27.3 Å². The Morgan fingerprint density at radius 3 is 2.76 bits per heavy atom. The van der Waals surface area contributed by atoms with Gasteiger partial charge >= 0.3 is 0 Å². The van der Waals surface area contributed by atoms with Gasteiger partial charge in [-0.25, -0.2) is 13.8 Å². The van der Waals surface area contributed by atoms with Gasteiger partial charge in [-0.05, 0) is 54.4 Å². The predicted molar refractivity (Wildman–Crippen MR) is 85.6 cm³/mol. The maximum atomic E-state index is 14.1. The third-order valence-electron chi connectivity index (χ3n) is 3.18. The number of benzene rings is 1. The molecular weight excluding hydrogens is 358 g/mol. The molecule has 1 aromatic carbocycles. The summed E-state index contributed by atoms with van der Waals surface area (Å²) < 4.78 is 28.3. The van der Waals surface area contributed by atoms with Crippen LogP contribution in [0.25, 0.3) is 0 Å². The Morgan fingerprint density at radius 2 is 2.14 bits per heavy atom. The van der Waals surface area contributed by atoms with E-state index in [1.165, 1.54) is 12.1 Å². The molecule has 0 saturated heterocycles. The van der Waals surface area contributed by atoms with E-state index in [2.05, 4.69) is 33.2 Å². The molecule has 6 heteroatoms. The molecule has 0 aliphatic heterocycles. The number of aromatic nitrogens is 1. The fourth-order valence-electron chi connectivity index (χ4n) is 2.10. The highest BCUT2D eigenvalue weighted by molar-refractivity contribution is 9.10.